The van der Waals surface area contributed by atoms with E-state index in [-0.39, 0.29) is 11.7 Å². The van der Waals surface area contributed by atoms with Gasteiger partial charge in [0.2, 0.25) is 0 Å². The van der Waals surface area contributed by atoms with E-state index >= 15 is 0 Å². The van der Waals surface area contributed by atoms with Crippen LogP contribution in [0.2, 0.25) is 5.02 Å². The molecule has 2 aromatic carbocycles. The smallest absolute Gasteiger partial charge is 0.259 e. The van der Waals surface area contributed by atoms with E-state index in [1.165, 1.54) is 12.1 Å². The normalized spacial score (nSPS) is 13.4. The number of hydrogen-bond donors (Lipinski definition) is 3. The minimum Gasteiger partial charge on any atom is -0.492 e. The second-order valence-electron chi connectivity index (χ2n) is 7.31. The van der Waals surface area contributed by atoms with Crippen LogP contribution in [-0.4, -0.2) is 30.6 Å². The lowest BCUT2D eigenvalue weighted by Crippen LogP contribution is -2.45. The molecule has 3 N–H and O–H groups in total. The molecule has 1 aromatic heterocycles. The van der Waals surface area contributed by atoms with Crippen LogP contribution in [0.5, 0.6) is 5.75 Å². The summed E-state index contributed by atoms with van der Waals surface area (Å²) < 4.78 is 18.9. The Labute approximate surface area is 184 Å². The van der Waals surface area contributed by atoms with E-state index in [9.17, 15) is 9.18 Å². The molecule has 4 rings (SSSR count). The van der Waals surface area contributed by atoms with Gasteiger partial charge in [-0.1, -0.05) is 23.7 Å². The number of hydrogen-bond acceptors (Lipinski definition) is 5. The molecular weight excluding hydrogens is 419 g/mol. The highest BCUT2D eigenvalue weighted by Crippen LogP contribution is 2.29. The molecule has 1 fully saturated rings. The monoisotopic (exact) mass is 440 g/mol. The second-order valence-corrected chi connectivity index (χ2v) is 7.72. The molecule has 1 saturated heterocycles. The Morgan fingerprint density at radius 1 is 1.19 bits per heavy atom. The summed E-state index contributed by atoms with van der Waals surface area (Å²) in [7, 11) is 0. The molecule has 0 unspecified atom stereocenters. The summed E-state index contributed by atoms with van der Waals surface area (Å²) in [5.41, 5.74) is 1.84. The molecule has 160 valence electrons. The summed E-state index contributed by atoms with van der Waals surface area (Å²) in [5, 5.41) is 9.70. The number of anilines is 2. The van der Waals surface area contributed by atoms with Crippen LogP contribution in [0.25, 0.3) is 0 Å². The van der Waals surface area contributed by atoms with Crippen molar-refractivity contribution in [2.45, 2.75) is 6.54 Å². The van der Waals surface area contributed by atoms with Crippen molar-refractivity contribution in [3.05, 3.63) is 82.8 Å². The number of halogens is 2. The van der Waals surface area contributed by atoms with Gasteiger partial charge in [-0.2, -0.15) is 0 Å². The number of nitrogens with zero attached hydrogens (tertiary/aromatic N) is 1. The Balaban J connectivity index is 1.43. The van der Waals surface area contributed by atoms with E-state index in [4.69, 9.17) is 16.3 Å². The number of carbonyl (C=O) groups excluding carboxylic acids is 1. The zero-order valence-corrected chi connectivity index (χ0v) is 17.5. The summed E-state index contributed by atoms with van der Waals surface area (Å²) in [6.45, 7) is 2.85. The zero-order valence-electron chi connectivity index (χ0n) is 16.7. The predicted molar refractivity (Wildman–Crippen MR) is 119 cm³/mol. The maximum absolute atomic E-state index is 13.1. The van der Waals surface area contributed by atoms with Crippen LogP contribution in [0, 0.1) is 11.7 Å². The van der Waals surface area contributed by atoms with Crippen molar-refractivity contribution in [3.63, 3.8) is 0 Å². The van der Waals surface area contributed by atoms with Crippen molar-refractivity contribution in [1.29, 1.82) is 0 Å². The van der Waals surface area contributed by atoms with Crippen LogP contribution in [0.15, 0.2) is 60.8 Å². The Bertz CT molecular complexity index is 1060. The van der Waals surface area contributed by atoms with Crippen molar-refractivity contribution in [1.82, 2.24) is 10.3 Å². The average Bonchev–Trinajstić information content (AvgIpc) is 2.74. The van der Waals surface area contributed by atoms with Gasteiger partial charge in [-0.25, -0.2) is 9.37 Å². The van der Waals surface area contributed by atoms with Crippen molar-refractivity contribution in [2.75, 3.05) is 30.3 Å². The van der Waals surface area contributed by atoms with Gasteiger partial charge in [0.25, 0.3) is 5.91 Å². The van der Waals surface area contributed by atoms with Crippen molar-refractivity contribution in [3.8, 4) is 5.75 Å². The molecule has 0 saturated carbocycles. The van der Waals surface area contributed by atoms with E-state index in [0.29, 0.717) is 46.9 Å². The highest BCUT2D eigenvalue weighted by Gasteiger charge is 2.18. The number of amides is 1. The molecule has 0 atom stereocenters. The van der Waals surface area contributed by atoms with E-state index in [2.05, 4.69) is 20.9 Å². The Kier molecular flexibility index (Phi) is 6.64. The molecule has 3 aromatic rings. The standard InChI is InChI=1S/C23H22ClFN4O2/c24-20-8-7-18(10-21(20)31-14-16-11-26-12-16)29-23(30)19-2-1-9-27-22(19)28-13-15-3-5-17(25)6-4-15/h1-10,16,26H,11-14H2,(H,27,28)(H,29,30). The first-order valence-electron chi connectivity index (χ1n) is 9.96. The number of benzene rings is 2. The minimum atomic E-state index is -0.314. The number of aromatic nitrogens is 1. The van der Waals surface area contributed by atoms with E-state index in [0.717, 1.165) is 18.7 Å². The molecule has 0 radical (unpaired) electrons. The zero-order chi connectivity index (χ0) is 21.6. The van der Waals surface area contributed by atoms with Crippen LogP contribution >= 0.6 is 11.6 Å². The van der Waals surface area contributed by atoms with E-state index in [1.54, 1.807) is 48.7 Å². The molecule has 8 heteroatoms. The molecule has 1 aliphatic rings. The van der Waals surface area contributed by atoms with Gasteiger partial charge in [-0.05, 0) is 42.0 Å². The van der Waals surface area contributed by atoms with Gasteiger partial charge in [-0.3, -0.25) is 4.79 Å². The van der Waals surface area contributed by atoms with Crippen molar-refractivity contribution in [2.24, 2.45) is 5.92 Å². The summed E-state index contributed by atoms with van der Waals surface area (Å²) in [5.74, 6) is 0.836. The van der Waals surface area contributed by atoms with Crippen LogP contribution in [0.1, 0.15) is 15.9 Å². The quantitative estimate of drug-likeness (QED) is 0.486. The first-order chi connectivity index (χ1) is 15.1. The fourth-order valence-corrected chi connectivity index (χ4v) is 3.25. The van der Waals surface area contributed by atoms with Gasteiger partial charge >= 0.3 is 0 Å². The lowest BCUT2D eigenvalue weighted by molar-refractivity contribution is 0.102. The van der Waals surface area contributed by atoms with Crippen LogP contribution in [0.4, 0.5) is 15.9 Å². The molecular formula is C23H22ClFN4O2. The van der Waals surface area contributed by atoms with Crippen molar-refractivity contribution < 1.29 is 13.9 Å². The summed E-state index contributed by atoms with van der Waals surface area (Å²) in [4.78, 5) is 17.2. The Morgan fingerprint density at radius 2 is 2.00 bits per heavy atom. The molecule has 1 aliphatic heterocycles. The van der Waals surface area contributed by atoms with Crippen LogP contribution < -0.4 is 20.7 Å². The second kappa shape index (κ2) is 9.76. The fraction of sp³-hybridized carbons (Fsp3) is 0.217. The molecule has 0 bridgehead atoms. The molecule has 0 aliphatic carbocycles. The molecule has 6 nitrogen and oxygen atoms in total. The third kappa shape index (κ3) is 5.51. The lowest BCUT2D eigenvalue weighted by atomic mass is 10.1. The first kappa shape index (κ1) is 21.1. The highest BCUT2D eigenvalue weighted by molar-refractivity contribution is 6.32. The SMILES string of the molecule is O=C(Nc1ccc(Cl)c(OCC2CNC2)c1)c1cccnc1NCc1ccc(F)cc1. The molecule has 31 heavy (non-hydrogen) atoms. The largest absolute Gasteiger partial charge is 0.492 e. The minimum absolute atomic E-state index is 0.294. The number of nitrogens with one attached hydrogen (secondary N) is 3. The van der Waals surface area contributed by atoms with E-state index < -0.39 is 0 Å². The third-order valence-electron chi connectivity index (χ3n) is 4.96. The number of pyridine rings is 1. The lowest BCUT2D eigenvalue weighted by Gasteiger charge is -2.27. The van der Waals surface area contributed by atoms with Gasteiger partial charge in [0, 0.05) is 43.5 Å². The van der Waals surface area contributed by atoms with Gasteiger partial charge < -0.3 is 20.7 Å². The first-order valence-corrected chi connectivity index (χ1v) is 10.3. The van der Waals surface area contributed by atoms with Crippen LogP contribution in [0.3, 0.4) is 0 Å². The van der Waals surface area contributed by atoms with Crippen molar-refractivity contribution >= 4 is 29.0 Å². The average molecular weight is 441 g/mol. The van der Waals surface area contributed by atoms with Gasteiger partial charge in [-0.15, -0.1) is 0 Å². The van der Waals surface area contributed by atoms with Crippen LogP contribution in [-0.2, 0) is 6.54 Å². The molecule has 0 spiro atoms. The van der Waals surface area contributed by atoms with Gasteiger partial charge in [0.05, 0.1) is 17.2 Å². The van der Waals surface area contributed by atoms with Gasteiger partial charge in [0.15, 0.2) is 0 Å². The highest BCUT2D eigenvalue weighted by atomic mass is 35.5. The molecule has 2 heterocycles. The maximum atomic E-state index is 13.1. The summed E-state index contributed by atoms with van der Waals surface area (Å²) in [6, 6.07) is 14.7. The maximum Gasteiger partial charge on any atom is 0.259 e. The third-order valence-corrected chi connectivity index (χ3v) is 5.27. The topological polar surface area (TPSA) is 75.3 Å². The summed E-state index contributed by atoms with van der Waals surface area (Å²) >= 11 is 6.23. The number of rotatable bonds is 8. The number of carbonyl (C=O) groups is 1. The Morgan fingerprint density at radius 3 is 2.74 bits per heavy atom. The number of ether oxygens (including phenoxy) is 1. The van der Waals surface area contributed by atoms with Gasteiger partial charge in [0.1, 0.15) is 17.4 Å². The fourth-order valence-electron chi connectivity index (χ4n) is 3.08. The predicted octanol–water partition coefficient (Wildman–Crippen LogP) is 4.34. The molecule has 1 amide bonds. The summed E-state index contributed by atoms with van der Waals surface area (Å²) in [6.07, 6.45) is 1.60. The van der Waals surface area contributed by atoms with E-state index in [1.807, 2.05) is 0 Å². The Hall–Kier alpha value is -3.16.